The van der Waals surface area contributed by atoms with E-state index >= 15 is 0 Å². The van der Waals surface area contributed by atoms with Crippen LogP contribution in [-0.2, 0) is 0 Å². The van der Waals surface area contributed by atoms with Gasteiger partial charge in [-0.1, -0.05) is 29.3 Å². The van der Waals surface area contributed by atoms with E-state index in [0.29, 0.717) is 15.7 Å². The van der Waals surface area contributed by atoms with Crippen LogP contribution in [0.2, 0.25) is 10.0 Å². The molecule has 0 atom stereocenters. The zero-order valence-electron chi connectivity index (χ0n) is 6.96. The molecule has 0 saturated heterocycles. The first-order valence-electron chi connectivity index (χ1n) is 3.58. The maximum absolute atomic E-state index is 8.23. The molecule has 1 rings (SSSR count). The first-order valence-corrected chi connectivity index (χ1v) is 4.34. The van der Waals surface area contributed by atoms with E-state index in [4.69, 9.17) is 34.2 Å². The predicted octanol–water partition coefficient (Wildman–Crippen LogP) is 2.20. The Hall–Kier alpha value is -1.44. The molecular formula is C8H6Cl2N4. The van der Waals surface area contributed by atoms with Gasteiger partial charge in [0.15, 0.2) is 0 Å². The summed E-state index contributed by atoms with van der Waals surface area (Å²) >= 11 is 11.7. The van der Waals surface area contributed by atoms with Crippen LogP contribution in [0.3, 0.4) is 0 Å². The summed E-state index contributed by atoms with van der Waals surface area (Å²) in [6.45, 7) is 0. The maximum Gasteiger partial charge on any atom is 0.209 e. The smallest absolute Gasteiger partial charge is 0.209 e. The van der Waals surface area contributed by atoms with Gasteiger partial charge in [0.05, 0.1) is 15.7 Å². The van der Waals surface area contributed by atoms with Gasteiger partial charge in [0.1, 0.15) is 0 Å². The Bertz CT molecular complexity index is 388. The summed E-state index contributed by atoms with van der Waals surface area (Å²) in [6, 6.07) is 5.00. The van der Waals surface area contributed by atoms with Crippen LogP contribution >= 0.6 is 23.2 Å². The Balaban J connectivity index is 2.98. The van der Waals surface area contributed by atoms with Gasteiger partial charge in [-0.2, -0.15) is 5.26 Å². The van der Waals surface area contributed by atoms with Gasteiger partial charge in [0.25, 0.3) is 0 Å². The van der Waals surface area contributed by atoms with Crippen molar-refractivity contribution in [3.05, 3.63) is 28.2 Å². The monoisotopic (exact) mass is 228 g/mol. The number of nitrogens with zero attached hydrogens (tertiary/aromatic N) is 2. The molecule has 6 heteroatoms. The molecule has 0 unspecified atom stereocenters. The largest absolute Gasteiger partial charge is 0.369 e. The number of rotatable bonds is 1. The van der Waals surface area contributed by atoms with Crippen molar-refractivity contribution in [1.82, 2.24) is 0 Å². The van der Waals surface area contributed by atoms with Gasteiger partial charge in [-0.15, -0.1) is 4.99 Å². The lowest BCUT2D eigenvalue weighted by Crippen LogP contribution is -2.22. The van der Waals surface area contributed by atoms with Crippen molar-refractivity contribution < 1.29 is 0 Å². The molecule has 3 N–H and O–H groups in total. The second kappa shape index (κ2) is 4.70. The van der Waals surface area contributed by atoms with E-state index in [2.05, 4.69) is 10.3 Å². The number of para-hydroxylation sites is 1. The van der Waals surface area contributed by atoms with E-state index in [-0.39, 0.29) is 5.96 Å². The zero-order chi connectivity index (χ0) is 10.6. The van der Waals surface area contributed by atoms with Crippen LogP contribution in [-0.4, -0.2) is 5.96 Å². The van der Waals surface area contributed by atoms with Gasteiger partial charge in [-0.05, 0) is 12.1 Å². The summed E-state index contributed by atoms with van der Waals surface area (Å²) in [5.74, 6) is -0.0532. The molecule has 0 aromatic heterocycles. The molecule has 0 aliphatic rings. The Morgan fingerprint density at radius 1 is 1.43 bits per heavy atom. The van der Waals surface area contributed by atoms with E-state index in [9.17, 15) is 0 Å². The van der Waals surface area contributed by atoms with E-state index in [1.54, 1.807) is 24.4 Å². The van der Waals surface area contributed by atoms with Crippen LogP contribution in [0.15, 0.2) is 23.2 Å². The zero-order valence-corrected chi connectivity index (χ0v) is 8.47. The fourth-order valence-corrected chi connectivity index (χ4v) is 1.32. The summed E-state index contributed by atoms with van der Waals surface area (Å²) in [5, 5.41) is 11.7. The fourth-order valence-electron chi connectivity index (χ4n) is 0.827. The number of anilines is 1. The van der Waals surface area contributed by atoms with Gasteiger partial charge in [-0.25, -0.2) is 0 Å². The summed E-state index contributed by atoms with van der Waals surface area (Å²) in [5.41, 5.74) is 5.79. The van der Waals surface area contributed by atoms with E-state index < -0.39 is 0 Å². The van der Waals surface area contributed by atoms with Crippen molar-refractivity contribution in [2.24, 2.45) is 10.7 Å². The molecule has 0 spiro atoms. The van der Waals surface area contributed by atoms with Crippen molar-refractivity contribution >= 4 is 34.8 Å². The fraction of sp³-hybridized carbons (Fsp3) is 0. The summed E-state index contributed by atoms with van der Waals surface area (Å²) in [7, 11) is 0. The summed E-state index contributed by atoms with van der Waals surface area (Å²) in [4.78, 5) is 3.27. The van der Waals surface area contributed by atoms with Crippen LogP contribution in [0.4, 0.5) is 5.69 Å². The number of hydrogen-bond donors (Lipinski definition) is 2. The second-order valence-corrected chi connectivity index (χ2v) is 3.13. The normalized spacial score (nSPS) is 10.8. The Morgan fingerprint density at radius 2 is 2.00 bits per heavy atom. The van der Waals surface area contributed by atoms with Gasteiger partial charge >= 0.3 is 0 Å². The van der Waals surface area contributed by atoms with Crippen LogP contribution < -0.4 is 11.1 Å². The molecule has 0 fully saturated rings. The predicted molar refractivity (Wildman–Crippen MR) is 57.3 cm³/mol. The summed E-state index contributed by atoms with van der Waals surface area (Å²) < 4.78 is 0. The molecule has 72 valence electrons. The highest BCUT2D eigenvalue weighted by atomic mass is 35.5. The lowest BCUT2D eigenvalue weighted by molar-refractivity contribution is 1.40. The number of guanidine groups is 1. The molecule has 0 amide bonds. The highest BCUT2D eigenvalue weighted by Crippen LogP contribution is 2.29. The third-order valence-electron chi connectivity index (χ3n) is 1.39. The van der Waals surface area contributed by atoms with Crippen LogP contribution in [0.5, 0.6) is 0 Å². The van der Waals surface area contributed by atoms with Crippen molar-refractivity contribution in [2.75, 3.05) is 5.32 Å². The average Bonchev–Trinajstić information content (AvgIpc) is 2.12. The van der Waals surface area contributed by atoms with Crippen LogP contribution in [0.1, 0.15) is 0 Å². The molecule has 0 heterocycles. The second-order valence-electron chi connectivity index (χ2n) is 2.32. The number of benzene rings is 1. The lowest BCUT2D eigenvalue weighted by Gasteiger charge is -2.07. The van der Waals surface area contributed by atoms with Gasteiger partial charge in [0, 0.05) is 0 Å². The quantitative estimate of drug-likeness (QED) is 0.440. The van der Waals surface area contributed by atoms with Crippen LogP contribution in [0, 0.1) is 11.5 Å². The molecule has 0 radical (unpaired) electrons. The van der Waals surface area contributed by atoms with Crippen molar-refractivity contribution in [3.63, 3.8) is 0 Å². The topological polar surface area (TPSA) is 74.2 Å². The highest BCUT2D eigenvalue weighted by molar-refractivity contribution is 6.39. The minimum atomic E-state index is -0.0532. The number of aliphatic imine (C=N–C) groups is 1. The molecule has 0 aliphatic heterocycles. The van der Waals surface area contributed by atoms with Crippen molar-refractivity contribution in [2.45, 2.75) is 0 Å². The van der Waals surface area contributed by atoms with Crippen molar-refractivity contribution in [3.8, 4) is 6.19 Å². The first-order chi connectivity index (χ1) is 6.65. The maximum atomic E-state index is 8.23. The highest BCUT2D eigenvalue weighted by Gasteiger charge is 2.05. The molecule has 0 aliphatic carbocycles. The van der Waals surface area contributed by atoms with E-state index in [1.807, 2.05) is 0 Å². The van der Waals surface area contributed by atoms with Gasteiger partial charge < -0.3 is 11.1 Å². The first kappa shape index (κ1) is 10.6. The third-order valence-corrected chi connectivity index (χ3v) is 2.02. The number of hydrogen-bond acceptors (Lipinski definition) is 2. The molecule has 1 aromatic rings. The lowest BCUT2D eigenvalue weighted by atomic mass is 10.3. The minimum absolute atomic E-state index is 0.0532. The number of nitrogens with two attached hydrogens (primary N) is 1. The third kappa shape index (κ3) is 2.52. The number of nitriles is 1. The molecule has 0 bridgehead atoms. The molecule has 4 nitrogen and oxygen atoms in total. The van der Waals surface area contributed by atoms with E-state index in [1.165, 1.54) is 0 Å². The van der Waals surface area contributed by atoms with Gasteiger partial charge in [-0.3, -0.25) is 0 Å². The van der Waals surface area contributed by atoms with Gasteiger partial charge in [0.2, 0.25) is 12.2 Å². The van der Waals surface area contributed by atoms with E-state index in [0.717, 1.165) is 0 Å². The molecule has 0 saturated carbocycles. The Kier molecular flexibility index (Phi) is 3.57. The number of nitrogens with one attached hydrogen (secondary N) is 1. The van der Waals surface area contributed by atoms with Crippen molar-refractivity contribution in [1.29, 1.82) is 5.26 Å². The minimum Gasteiger partial charge on any atom is -0.369 e. The number of halogens is 2. The SMILES string of the molecule is N#CN=C(N)Nc1c(Cl)cccc1Cl. The standard InChI is InChI=1S/C8H6Cl2N4/c9-5-2-1-3-6(10)7(5)14-8(12)13-4-11/h1-3H,(H3,12,13,14). The molecule has 1 aromatic carbocycles. The Labute approximate surface area is 90.9 Å². The molecular weight excluding hydrogens is 223 g/mol. The van der Waals surface area contributed by atoms with Crippen LogP contribution in [0.25, 0.3) is 0 Å². The summed E-state index contributed by atoms with van der Waals surface area (Å²) in [6.07, 6.45) is 1.54. The Morgan fingerprint density at radius 3 is 2.50 bits per heavy atom. The average molecular weight is 229 g/mol. The molecule has 14 heavy (non-hydrogen) atoms.